The van der Waals surface area contributed by atoms with Crippen LogP contribution in [-0.4, -0.2) is 23.7 Å². The standard InChI is InChI=1S/C16H21ClFN3O2S/c1-10-4-2-3-5-14(10)19-16(24)21-20-15(22)9-23-11-6-7-13(18)12(17)8-11/h6-8,10,14H,2-5,9H2,1H3,(H,20,22)(H2,19,21,24). The summed E-state index contributed by atoms with van der Waals surface area (Å²) in [5.74, 6) is -0.0752. The summed E-state index contributed by atoms with van der Waals surface area (Å²) in [6.45, 7) is 1.96. The summed E-state index contributed by atoms with van der Waals surface area (Å²) in [7, 11) is 0. The topological polar surface area (TPSA) is 62.4 Å². The summed E-state index contributed by atoms with van der Waals surface area (Å²) in [6.07, 6.45) is 4.69. The number of carbonyl (C=O) groups is 1. The van der Waals surface area contributed by atoms with Gasteiger partial charge in [0.25, 0.3) is 5.91 Å². The molecule has 1 fully saturated rings. The van der Waals surface area contributed by atoms with Crippen LogP contribution in [0, 0.1) is 11.7 Å². The van der Waals surface area contributed by atoms with E-state index in [-0.39, 0.29) is 11.6 Å². The molecule has 0 heterocycles. The monoisotopic (exact) mass is 373 g/mol. The van der Waals surface area contributed by atoms with E-state index in [2.05, 4.69) is 23.1 Å². The third-order valence-electron chi connectivity index (χ3n) is 4.00. The van der Waals surface area contributed by atoms with Crippen LogP contribution in [0.3, 0.4) is 0 Å². The molecule has 0 aliphatic heterocycles. The average Bonchev–Trinajstić information content (AvgIpc) is 2.56. The van der Waals surface area contributed by atoms with E-state index in [0.717, 1.165) is 6.42 Å². The SMILES string of the molecule is CC1CCCCC1NC(=S)NNC(=O)COc1ccc(F)c(Cl)c1. The Hall–Kier alpha value is -1.60. The van der Waals surface area contributed by atoms with Gasteiger partial charge in [0.1, 0.15) is 11.6 Å². The van der Waals surface area contributed by atoms with Gasteiger partial charge in [0.05, 0.1) is 5.02 Å². The molecular weight excluding hydrogens is 353 g/mol. The molecule has 0 saturated heterocycles. The van der Waals surface area contributed by atoms with Crippen LogP contribution in [0.1, 0.15) is 32.6 Å². The molecule has 0 radical (unpaired) electrons. The summed E-state index contributed by atoms with van der Waals surface area (Å²) in [6, 6.07) is 4.22. The van der Waals surface area contributed by atoms with Gasteiger partial charge >= 0.3 is 0 Å². The highest BCUT2D eigenvalue weighted by molar-refractivity contribution is 7.80. The lowest BCUT2D eigenvalue weighted by molar-refractivity contribution is -0.123. The molecule has 1 aliphatic rings. The fraction of sp³-hybridized carbons (Fsp3) is 0.500. The van der Waals surface area contributed by atoms with Crippen molar-refractivity contribution in [1.29, 1.82) is 0 Å². The van der Waals surface area contributed by atoms with Crippen LogP contribution in [0.15, 0.2) is 18.2 Å². The zero-order chi connectivity index (χ0) is 17.5. The van der Waals surface area contributed by atoms with E-state index < -0.39 is 11.7 Å². The molecule has 1 aromatic rings. The minimum atomic E-state index is -0.538. The van der Waals surface area contributed by atoms with Crippen LogP contribution < -0.4 is 20.9 Å². The number of nitrogens with one attached hydrogen (secondary N) is 3. The number of halogens is 2. The molecule has 2 unspecified atom stereocenters. The van der Waals surface area contributed by atoms with Gasteiger partial charge in [-0.25, -0.2) is 4.39 Å². The highest BCUT2D eigenvalue weighted by atomic mass is 35.5. The molecule has 2 atom stereocenters. The first-order valence-electron chi connectivity index (χ1n) is 7.89. The van der Waals surface area contributed by atoms with E-state index in [1.807, 2.05) is 0 Å². The second-order valence-electron chi connectivity index (χ2n) is 5.88. The van der Waals surface area contributed by atoms with Crippen molar-refractivity contribution in [3.8, 4) is 5.75 Å². The molecule has 1 aliphatic carbocycles. The van der Waals surface area contributed by atoms with E-state index >= 15 is 0 Å². The molecule has 5 nitrogen and oxygen atoms in total. The largest absolute Gasteiger partial charge is 0.484 e. The predicted molar refractivity (Wildman–Crippen MR) is 95.3 cm³/mol. The van der Waals surface area contributed by atoms with Crippen molar-refractivity contribution in [2.24, 2.45) is 5.92 Å². The maximum absolute atomic E-state index is 13.0. The zero-order valence-electron chi connectivity index (χ0n) is 13.4. The van der Waals surface area contributed by atoms with Crippen molar-refractivity contribution in [2.45, 2.75) is 38.6 Å². The summed E-state index contributed by atoms with van der Waals surface area (Å²) >= 11 is 10.8. The number of benzene rings is 1. The van der Waals surface area contributed by atoms with Crippen molar-refractivity contribution in [1.82, 2.24) is 16.2 Å². The van der Waals surface area contributed by atoms with Crippen molar-refractivity contribution >= 4 is 34.8 Å². The maximum atomic E-state index is 13.0. The van der Waals surface area contributed by atoms with Crippen LogP contribution in [0.25, 0.3) is 0 Å². The lowest BCUT2D eigenvalue weighted by Gasteiger charge is -2.30. The van der Waals surface area contributed by atoms with Gasteiger partial charge in [0.15, 0.2) is 11.7 Å². The number of carbonyl (C=O) groups excluding carboxylic acids is 1. The number of amides is 1. The quantitative estimate of drug-likeness (QED) is 0.559. The van der Waals surface area contributed by atoms with Crippen molar-refractivity contribution in [3.05, 3.63) is 29.0 Å². The third-order valence-corrected chi connectivity index (χ3v) is 4.51. The fourth-order valence-electron chi connectivity index (χ4n) is 2.61. The van der Waals surface area contributed by atoms with Gasteiger partial charge in [-0.15, -0.1) is 0 Å². The molecule has 0 bridgehead atoms. The molecule has 1 amide bonds. The summed E-state index contributed by atoms with van der Waals surface area (Å²) < 4.78 is 18.3. The second-order valence-corrected chi connectivity index (χ2v) is 6.69. The minimum Gasteiger partial charge on any atom is -0.484 e. The first-order valence-corrected chi connectivity index (χ1v) is 8.67. The van der Waals surface area contributed by atoms with E-state index in [0.29, 0.717) is 22.8 Å². The number of hydrogen-bond acceptors (Lipinski definition) is 3. The van der Waals surface area contributed by atoms with Crippen LogP contribution in [-0.2, 0) is 4.79 Å². The van der Waals surface area contributed by atoms with Gasteiger partial charge in [-0.2, -0.15) is 0 Å². The smallest absolute Gasteiger partial charge is 0.276 e. The van der Waals surface area contributed by atoms with Gasteiger partial charge in [-0.05, 0) is 43.1 Å². The molecule has 3 N–H and O–H groups in total. The van der Waals surface area contributed by atoms with Gasteiger partial charge in [0, 0.05) is 12.1 Å². The Morgan fingerprint density at radius 3 is 2.83 bits per heavy atom. The zero-order valence-corrected chi connectivity index (χ0v) is 15.0. The maximum Gasteiger partial charge on any atom is 0.276 e. The summed E-state index contributed by atoms with van der Waals surface area (Å²) in [4.78, 5) is 11.7. The molecule has 24 heavy (non-hydrogen) atoms. The minimum absolute atomic E-state index is 0.0574. The lowest BCUT2D eigenvalue weighted by atomic mass is 9.86. The normalized spacial score (nSPS) is 20.1. The van der Waals surface area contributed by atoms with Crippen LogP contribution in [0.5, 0.6) is 5.75 Å². The van der Waals surface area contributed by atoms with Crippen molar-refractivity contribution in [2.75, 3.05) is 6.61 Å². The molecule has 1 aromatic carbocycles. The Kier molecular flexibility index (Phi) is 7.05. The van der Waals surface area contributed by atoms with E-state index in [1.165, 1.54) is 37.5 Å². The van der Waals surface area contributed by atoms with E-state index in [9.17, 15) is 9.18 Å². The third kappa shape index (κ3) is 5.79. The van der Waals surface area contributed by atoms with Crippen molar-refractivity contribution < 1.29 is 13.9 Å². The van der Waals surface area contributed by atoms with Gasteiger partial charge < -0.3 is 10.1 Å². The molecule has 8 heteroatoms. The van der Waals surface area contributed by atoms with Crippen LogP contribution >= 0.6 is 23.8 Å². The summed E-state index contributed by atoms with van der Waals surface area (Å²) in [5.41, 5.74) is 5.12. The molecular formula is C16H21ClFN3O2S. The fourth-order valence-corrected chi connectivity index (χ4v) is 2.99. The first kappa shape index (κ1) is 18.7. The Balaban J connectivity index is 1.68. The highest BCUT2D eigenvalue weighted by Gasteiger charge is 2.21. The molecule has 2 rings (SSSR count). The number of hydrogen-bond donors (Lipinski definition) is 3. The Morgan fingerprint density at radius 2 is 2.12 bits per heavy atom. The van der Waals surface area contributed by atoms with Gasteiger partial charge in [-0.3, -0.25) is 15.6 Å². The molecule has 1 saturated carbocycles. The Morgan fingerprint density at radius 1 is 1.38 bits per heavy atom. The van der Waals surface area contributed by atoms with Gasteiger partial charge in [-0.1, -0.05) is 31.4 Å². The molecule has 0 spiro atoms. The number of ether oxygens (including phenoxy) is 1. The first-order chi connectivity index (χ1) is 11.5. The summed E-state index contributed by atoms with van der Waals surface area (Å²) in [5, 5.41) is 3.54. The number of rotatable bonds is 4. The van der Waals surface area contributed by atoms with Gasteiger partial charge in [0.2, 0.25) is 0 Å². The lowest BCUT2D eigenvalue weighted by Crippen LogP contribution is -2.52. The van der Waals surface area contributed by atoms with Crippen LogP contribution in [0.2, 0.25) is 5.02 Å². The van der Waals surface area contributed by atoms with E-state index in [1.54, 1.807) is 0 Å². The highest BCUT2D eigenvalue weighted by Crippen LogP contribution is 2.23. The predicted octanol–water partition coefficient (Wildman–Crippen LogP) is 2.93. The number of thiocarbonyl (C=S) groups is 1. The van der Waals surface area contributed by atoms with E-state index in [4.69, 9.17) is 28.6 Å². The second kappa shape index (κ2) is 9.03. The van der Waals surface area contributed by atoms with Crippen molar-refractivity contribution in [3.63, 3.8) is 0 Å². The molecule has 0 aromatic heterocycles. The van der Waals surface area contributed by atoms with Crippen LogP contribution in [0.4, 0.5) is 4.39 Å². The molecule has 132 valence electrons. The Labute approximate surface area is 151 Å². The average molecular weight is 374 g/mol. The number of hydrazine groups is 1. The Bertz CT molecular complexity index is 603.